The predicted molar refractivity (Wildman–Crippen MR) is 138 cm³/mol. The molecule has 1 aliphatic rings. The summed E-state index contributed by atoms with van der Waals surface area (Å²) >= 11 is 3.43. The summed E-state index contributed by atoms with van der Waals surface area (Å²) in [5.74, 6) is 0.567. The van der Waals surface area contributed by atoms with Crippen molar-refractivity contribution in [2.45, 2.75) is 45.7 Å². The number of para-hydroxylation sites is 1. The Balaban J connectivity index is 1.38. The van der Waals surface area contributed by atoms with Crippen LogP contribution in [0.3, 0.4) is 0 Å². The quantitative estimate of drug-likeness (QED) is 0.463. The van der Waals surface area contributed by atoms with E-state index in [9.17, 15) is 9.59 Å². The van der Waals surface area contributed by atoms with E-state index in [4.69, 9.17) is 4.52 Å². The maximum absolute atomic E-state index is 13.1. The van der Waals surface area contributed by atoms with E-state index in [2.05, 4.69) is 41.6 Å². The van der Waals surface area contributed by atoms with E-state index in [0.29, 0.717) is 36.1 Å². The molecule has 0 spiro atoms. The van der Waals surface area contributed by atoms with E-state index in [1.807, 2.05) is 51.1 Å². The molecular weight excluding hydrogens is 510 g/mol. The number of likely N-dealkylation sites (tertiary alicyclic amines) is 1. The van der Waals surface area contributed by atoms with Crippen LogP contribution in [-0.2, 0) is 11.3 Å². The minimum Gasteiger partial charge on any atom is -0.347 e. The Labute approximate surface area is 213 Å². The number of benzene rings is 2. The number of hydrogen-bond acceptors (Lipinski definition) is 6. The fourth-order valence-corrected chi connectivity index (χ4v) is 4.34. The molecule has 0 radical (unpaired) electrons. The van der Waals surface area contributed by atoms with Crippen molar-refractivity contribution in [2.24, 2.45) is 5.92 Å². The van der Waals surface area contributed by atoms with Crippen LogP contribution < -0.4 is 10.6 Å². The third-order valence-corrected chi connectivity index (χ3v) is 6.25. The minimum atomic E-state index is -0.371. The van der Waals surface area contributed by atoms with Gasteiger partial charge in [-0.1, -0.05) is 33.2 Å². The van der Waals surface area contributed by atoms with E-state index >= 15 is 0 Å². The minimum absolute atomic E-state index is 0.0909. The van der Waals surface area contributed by atoms with Gasteiger partial charge in [-0.25, -0.2) is 0 Å². The molecule has 2 amide bonds. The van der Waals surface area contributed by atoms with Crippen molar-refractivity contribution < 1.29 is 14.1 Å². The SMILES string of the molecule is CC(C)(C)NC(=O)c1ccccc1NC(=O)C1CCCN(Cc2nc(-c3ccc(Br)cc3)no2)C1. The molecule has 0 bridgehead atoms. The number of halogens is 1. The number of rotatable bonds is 6. The summed E-state index contributed by atoms with van der Waals surface area (Å²) in [4.78, 5) is 32.5. The molecule has 1 unspecified atom stereocenters. The van der Waals surface area contributed by atoms with Gasteiger partial charge in [-0.05, 0) is 76.6 Å². The van der Waals surface area contributed by atoms with Crippen molar-refractivity contribution in [3.63, 3.8) is 0 Å². The standard InChI is InChI=1S/C26H30BrN5O3/c1-26(2,3)30-25(34)20-8-4-5-9-21(20)28-24(33)18-7-6-14-32(15-18)16-22-29-23(31-35-22)17-10-12-19(27)13-11-17/h4-5,8-13,18H,6-7,14-16H2,1-3H3,(H,28,33)(H,30,34). The van der Waals surface area contributed by atoms with E-state index in [0.717, 1.165) is 29.4 Å². The lowest BCUT2D eigenvalue weighted by Crippen LogP contribution is -2.42. The molecule has 1 aliphatic heterocycles. The van der Waals surface area contributed by atoms with Crippen LogP contribution in [0.1, 0.15) is 49.9 Å². The topological polar surface area (TPSA) is 100 Å². The van der Waals surface area contributed by atoms with Gasteiger partial charge in [0.2, 0.25) is 17.6 Å². The highest BCUT2D eigenvalue weighted by Gasteiger charge is 2.28. The third kappa shape index (κ3) is 6.76. The van der Waals surface area contributed by atoms with Gasteiger partial charge in [-0.15, -0.1) is 0 Å². The Morgan fingerprint density at radius 2 is 1.89 bits per heavy atom. The monoisotopic (exact) mass is 539 g/mol. The molecule has 35 heavy (non-hydrogen) atoms. The second kappa shape index (κ2) is 10.7. The lowest BCUT2D eigenvalue weighted by atomic mass is 9.96. The lowest BCUT2D eigenvalue weighted by Gasteiger charge is -2.31. The highest BCUT2D eigenvalue weighted by molar-refractivity contribution is 9.10. The first-order chi connectivity index (χ1) is 16.7. The second-order valence-corrected chi connectivity index (χ2v) is 10.7. The van der Waals surface area contributed by atoms with Gasteiger partial charge in [0.05, 0.1) is 23.7 Å². The van der Waals surface area contributed by atoms with Gasteiger partial charge < -0.3 is 15.2 Å². The lowest BCUT2D eigenvalue weighted by molar-refractivity contribution is -0.121. The van der Waals surface area contributed by atoms with Crippen molar-refractivity contribution >= 4 is 33.4 Å². The van der Waals surface area contributed by atoms with Crippen molar-refractivity contribution in [1.82, 2.24) is 20.4 Å². The van der Waals surface area contributed by atoms with Gasteiger partial charge in [0.1, 0.15) is 0 Å². The summed E-state index contributed by atoms with van der Waals surface area (Å²) in [6.45, 7) is 7.69. The summed E-state index contributed by atoms with van der Waals surface area (Å²) in [5.41, 5.74) is 1.49. The zero-order chi connectivity index (χ0) is 25.0. The molecule has 3 aromatic rings. The number of nitrogens with zero attached hydrogens (tertiary/aromatic N) is 3. The highest BCUT2D eigenvalue weighted by Crippen LogP contribution is 2.24. The molecule has 1 atom stereocenters. The number of anilines is 1. The van der Waals surface area contributed by atoms with Crippen LogP contribution in [0.5, 0.6) is 0 Å². The summed E-state index contributed by atoms with van der Waals surface area (Å²) in [7, 11) is 0. The number of aromatic nitrogens is 2. The number of carbonyl (C=O) groups excluding carboxylic acids is 2. The molecule has 1 aromatic heterocycles. The number of hydrogen-bond donors (Lipinski definition) is 2. The van der Waals surface area contributed by atoms with Crippen LogP contribution >= 0.6 is 15.9 Å². The fourth-order valence-electron chi connectivity index (χ4n) is 4.07. The number of amides is 2. The largest absolute Gasteiger partial charge is 0.347 e. The molecule has 184 valence electrons. The van der Waals surface area contributed by atoms with E-state index in [1.165, 1.54) is 0 Å². The summed E-state index contributed by atoms with van der Waals surface area (Å²) in [6.07, 6.45) is 1.67. The molecule has 0 aliphatic carbocycles. The van der Waals surface area contributed by atoms with Crippen molar-refractivity contribution in [3.8, 4) is 11.4 Å². The molecule has 0 saturated carbocycles. The zero-order valence-electron chi connectivity index (χ0n) is 20.2. The Morgan fingerprint density at radius 3 is 2.63 bits per heavy atom. The predicted octanol–water partition coefficient (Wildman–Crippen LogP) is 4.88. The average Bonchev–Trinajstić information content (AvgIpc) is 3.27. The molecule has 2 heterocycles. The van der Waals surface area contributed by atoms with E-state index in [1.54, 1.807) is 18.2 Å². The molecule has 2 N–H and O–H groups in total. The molecular formula is C26H30BrN5O3. The van der Waals surface area contributed by atoms with Crippen LogP contribution in [0.25, 0.3) is 11.4 Å². The molecule has 4 rings (SSSR count). The molecule has 2 aromatic carbocycles. The van der Waals surface area contributed by atoms with E-state index in [-0.39, 0.29) is 23.3 Å². The summed E-state index contributed by atoms with van der Waals surface area (Å²) < 4.78 is 6.45. The Morgan fingerprint density at radius 1 is 1.14 bits per heavy atom. The first-order valence-corrected chi connectivity index (χ1v) is 12.5. The molecule has 1 saturated heterocycles. The second-order valence-electron chi connectivity index (χ2n) is 9.83. The van der Waals surface area contributed by atoms with Crippen molar-refractivity contribution in [1.29, 1.82) is 0 Å². The van der Waals surface area contributed by atoms with Crippen LogP contribution in [0.2, 0.25) is 0 Å². The van der Waals surface area contributed by atoms with Crippen molar-refractivity contribution in [2.75, 3.05) is 18.4 Å². The molecule has 8 nitrogen and oxygen atoms in total. The first-order valence-electron chi connectivity index (χ1n) is 11.7. The summed E-state index contributed by atoms with van der Waals surface area (Å²) in [6, 6.07) is 14.8. The Hall–Kier alpha value is -3.04. The number of carbonyl (C=O) groups is 2. The number of nitrogens with one attached hydrogen (secondary N) is 2. The Bertz CT molecular complexity index is 1190. The normalized spacial score (nSPS) is 16.6. The Kier molecular flexibility index (Phi) is 7.66. The number of piperidine rings is 1. The van der Waals surface area contributed by atoms with Gasteiger partial charge in [-0.3, -0.25) is 14.5 Å². The fraction of sp³-hybridized carbons (Fsp3) is 0.385. The third-order valence-electron chi connectivity index (χ3n) is 5.72. The van der Waals surface area contributed by atoms with Gasteiger partial charge >= 0.3 is 0 Å². The van der Waals surface area contributed by atoms with E-state index < -0.39 is 0 Å². The smallest absolute Gasteiger partial charge is 0.253 e. The van der Waals surface area contributed by atoms with Gasteiger partial charge in [0, 0.05) is 22.1 Å². The molecule has 9 heteroatoms. The highest BCUT2D eigenvalue weighted by atomic mass is 79.9. The maximum atomic E-state index is 13.1. The van der Waals surface area contributed by atoms with Crippen molar-refractivity contribution in [3.05, 3.63) is 64.5 Å². The van der Waals surface area contributed by atoms with Gasteiger partial charge in [-0.2, -0.15) is 4.98 Å². The molecule has 1 fully saturated rings. The van der Waals surface area contributed by atoms with Crippen LogP contribution in [-0.4, -0.2) is 45.5 Å². The zero-order valence-corrected chi connectivity index (χ0v) is 21.8. The van der Waals surface area contributed by atoms with Gasteiger partial charge in [0.15, 0.2) is 0 Å². The average molecular weight is 540 g/mol. The maximum Gasteiger partial charge on any atom is 0.253 e. The first kappa shape index (κ1) is 25.1. The van der Waals surface area contributed by atoms with Crippen LogP contribution in [0.4, 0.5) is 5.69 Å². The van der Waals surface area contributed by atoms with Crippen LogP contribution in [0, 0.1) is 5.92 Å². The van der Waals surface area contributed by atoms with Gasteiger partial charge in [0.25, 0.3) is 5.91 Å². The summed E-state index contributed by atoms with van der Waals surface area (Å²) in [5, 5.41) is 10.0. The van der Waals surface area contributed by atoms with Crippen LogP contribution in [0.15, 0.2) is 57.5 Å².